The van der Waals surface area contributed by atoms with Crippen molar-refractivity contribution < 1.29 is 4.79 Å². The molecule has 0 aliphatic heterocycles. The number of rotatable bonds is 5. The van der Waals surface area contributed by atoms with E-state index in [1.54, 1.807) is 35.8 Å². The Bertz CT molecular complexity index is 1000. The Labute approximate surface area is 156 Å². The van der Waals surface area contributed by atoms with Crippen molar-refractivity contribution in [3.05, 3.63) is 70.1 Å². The van der Waals surface area contributed by atoms with Crippen LogP contribution in [-0.4, -0.2) is 34.3 Å². The number of nitrogens with one attached hydrogen (secondary N) is 1. The number of nitrogens with zero attached hydrogens (tertiary/aromatic N) is 2. The number of benzene rings is 2. The number of carbonyl (C=O) groups excluding carboxylic acids is 1. The Balaban J connectivity index is 1.85. The molecule has 0 saturated carbocycles. The van der Waals surface area contributed by atoms with Crippen LogP contribution in [0, 0.1) is 0 Å². The van der Waals surface area contributed by atoms with E-state index in [1.807, 2.05) is 37.4 Å². The molecule has 0 radical (unpaired) electrons. The third kappa shape index (κ3) is 3.65. The molecule has 1 N–H and O–H groups in total. The van der Waals surface area contributed by atoms with Gasteiger partial charge in [0.2, 0.25) is 5.91 Å². The number of carbonyl (C=O) groups is 1. The number of hydrogen-bond donors (Lipinski definition) is 1. The monoisotopic (exact) mass is 367 g/mol. The summed E-state index contributed by atoms with van der Waals surface area (Å²) in [5.74, 6) is -0.491. The molecule has 0 aliphatic rings. The fraction of sp³-hybridized carbons (Fsp3) is 0.250. The second-order valence-electron chi connectivity index (χ2n) is 6.25. The predicted octanol–water partition coefficient (Wildman–Crippen LogP) is 3.41. The molecule has 0 saturated heterocycles. The molecule has 1 amide bonds. The highest BCUT2D eigenvalue weighted by molar-refractivity contribution is 7.98. The summed E-state index contributed by atoms with van der Waals surface area (Å²) in [6.07, 6.45) is 2.03. The highest BCUT2D eigenvalue weighted by Gasteiger charge is 2.23. The molecule has 134 valence electrons. The van der Waals surface area contributed by atoms with Crippen molar-refractivity contribution in [1.29, 1.82) is 0 Å². The van der Waals surface area contributed by atoms with Crippen molar-refractivity contribution >= 4 is 28.4 Å². The quantitative estimate of drug-likeness (QED) is 0.702. The average Bonchev–Trinajstić information content (AvgIpc) is 2.67. The summed E-state index contributed by atoms with van der Waals surface area (Å²) >= 11 is 1.68. The summed E-state index contributed by atoms with van der Waals surface area (Å²) in [4.78, 5) is 27.7. The van der Waals surface area contributed by atoms with E-state index in [-0.39, 0.29) is 11.5 Å². The zero-order chi connectivity index (χ0) is 18.7. The smallest absolute Gasteiger partial charge is 0.272 e. The molecule has 3 aromatic rings. The molecule has 0 bridgehead atoms. The van der Waals surface area contributed by atoms with Crippen LogP contribution in [0.3, 0.4) is 0 Å². The van der Waals surface area contributed by atoms with Crippen LogP contribution in [0.4, 0.5) is 0 Å². The standard InChI is InChI=1S/C20H21N3O2S/c1-13(18-16-9-4-5-10-17(16)19(24)22-21-18)20(25)23(2)12-14-7-6-8-15(11-14)26-3/h4-11,13H,12H2,1-3H3,(H,22,24). The van der Waals surface area contributed by atoms with Gasteiger partial charge in [-0.05, 0) is 36.9 Å². The first-order chi connectivity index (χ1) is 12.5. The maximum atomic E-state index is 12.9. The third-order valence-corrected chi connectivity index (χ3v) is 5.16. The lowest BCUT2D eigenvalue weighted by Crippen LogP contribution is -2.31. The topological polar surface area (TPSA) is 66.1 Å². The van der Waals surface area contributed by atoms with Gasteiger partial charge in [-0.25, -0.2) is 5.10 Å². The van der Waals surface area contributed by atoms with Crippen LogP contribution in [0.25, 0.3) is 10.8 Å². The van der Waals surface area contributed by atoms with E-state index in [0.29, 0.717) is 17.6 Å². The van der Waals surface area contributed by atoms with Gasteiger partial charge >= 0.3 is 0 Å². The van der Waals surface area contributed by atoms with E-state index in [9.17, 15) is 9.59 Å². The van der Waals surface area contributed by atoms with E-state index in [0.717, 1.165) is 10.9 Å². The molecule has 1 heterocycles. The Morgan fingerprint density at radius 2 is 1.92 bits per heavy atom. The van der Waals surface area contributed by atoms with Gasteiger partial charge in [-0.15, -0.1) is 11.8 Å². The Morgan fingerprint density at radius 3 is 2.65 bits per heavy atom. The van der Waals surface area contributed by atoms with Gasteiger partial charge in [0.05, 0.1) is 17.0 Å². The van der Waals surface area contributed by atoms with Gasteiger partial charge in [0.25, 0.3) is 5.56 Å². The first-order valence-corrected chi connectivity index (χ1v) is 9.59. The fourth-order valence-corrected chi connectivity index (χ4v) is 3.52. The van der Waals surface area contributed by atoms with Gasteiger partial charge in [0.1, 0.15) is 0 Å². The molecule has 1 aromatic heterocycles. The Kier molecular flexibility index (Phi) is 5.42. The number of hydrogen-bond acceptors (Lipinski definition) is 4. The van der Waals surface area contributed by atoms with Crippen LogP contribution < -0.4 is 5.56 Å². The van der Waals surface area contributed by atoms with Gasteiger partial charge < -0.3 is 4.90 Å². The lowest BCUT2D eigenvalue weighted by atomic mass is 10.00. The minimum absolute atomic E-state index is 0.0377. The summed E-state index contributed by atoms with van der Waals surface area (Å²) in [7, 11) is 1.79. The maximum Gasteiger partial charge on any atom is 0.272 e. The SMILES string of the molecule is CSc1cccc(CN(C)C(=O)C(C)c2n[nH]c(=O)c3ccccc23)c1. The second-order valence-corrected chi connectivity index (χ2v) is 7.13. The van der Waals surface area contributed by atoms with Crippen LogP contribution in [0.15, 0.2) is 58.2 Å². The highest BCUT2D eigenvalue weighted by Crippen LogP contribution is 2.23. The van der Waals surface area contributed by atoms with E-state index in [2.05, 4.69) is 22.3 Å². The van der Waals surface area contributed by atoms with Crippen molar-refractivity contribution in [2.75, 3.05) is 13.3 Å². The number of aromatic nitrogens is 2. The molecule has 0 fully saturated rings. The first-order valence-electron chi connectivity index (χ1n) is 8.36. The molecule has 1 atom stereocenters. The lowest BCUT2D eigenvalue weighted by molar-refractivity contribution is -0.131. The molecule has 26 heavy (non-hydrogen) atoms. The van der Waals surface area contributed by atoms with E-state index in [1.165, 1.54) is 4.90 Å². The molecule has 2 aromatic carbocycles. The summed E-state index contributed by atoms with van der Waals surface area (Å²) in [6.45, 7) is 2.35. The molecule has 3 rings (SSSR count). The molecule has 1 unspecified atom stereocenters. The zero-order valence-electron chi connectivity index (χ0n) is 15.0. The summed E-state index contributed by atoms with van der Waals surface area (Å²) < 4.78 is 0. The van der Waals surface area contributed by atoms with Crippen LogP contribution in [-0.2, 0) is 11.3 Å². The van der Waals surface area contributed by atoms with Gasteiger partial charge in [-0.3, -0.25) is 9.59 Å². The van der Waals surface area contributed by atoms with Gasteiger partial charge in [-0.1, -0.05) is 30.3 Å². The largest absolute Gasteiger partial charge is 0.341 e. The van der Waals surface area contributed by atoms with Gasteiger partial charge in [0, 0.05) is 23.9 Å². The number of likely N-dealkylation sites (N-methyl/N-ethyl adjacent to an activating group) is 1. The van der Waals surface area contributed by atoms with Crippen LogP contribution >= 0.6 is 11.8 Å². The van der Waals surface area contributed by atoms with E-state index in [4.69, 9.17) is 0 Å². The minimum atomic E-state index is -0.453. The number of aromatic amines is 1. The zero-order valence-corrected chi connectivity index (χ0v) is 15.8. The molecule has 5 nitrogen and oxygen atoms in total. The van der Waals surface area contributed by atoms with Crippen molar-refractivity contribution in [1.82, 2.24) is 15.1 Å². The summed E-state index contributed by atoms with van der Waals surface area (Å²) in [5.41, 5.74) is 1.43. The van der Waals surface area contributed by atoms with Crippen molar-refractivity contribution in [3.8, 4) is 0 Å². The first kappa shape index (κ1) is 18.2. The van der Waals surface area contributed by atoms with Gasteiger partial charge in [-0.2, -0.15) is 5.10 Å². The molecular formula is C20H21N3O2S. The fourth-order valence-electron chi connectivity index (χ4n) is 3.04. The molecule has 6 heteroatoms. The third-order valence-electron chi connectivity index (χ3n) is 4.44. The number of amides is 1. The predicted molar refractivity (Wildman–Crippen MR) is 105 cm³/mol. The van der Waals surface area contributed by atoms with E-state index >= 15 is 0 Å². The number of H-pyrrole nitrogens is 1. The number of thioether (sulfide) groups is 1. The maximum absolute atomic E-state index is 12.9. The number of fused-ring (bicyclic) bond motifs is 1. The van der Waals surface area contributed by atoms with E-state index < -0.39 is 5.92 Å². The van der Waals surface area contributed by atoms with Crippen LogP contribution in [0.2, 0.25) is 0 Å². The van der Waals surface area contributed by atoms with Crippen molar-refractivity contribution in [2.45, 2.75) is 24.3 Å². The average molecular weight is 367 g/mol. The van der Waals surface area contributed by atoms with Gasteiger partial charge in [0.15, 0.2) is 0 Å². The van der Waals surface area contributed by atoms with Crippen LogP contribution in [0.1, 0.15) is 24.1 Å². The normalized spacial score (nSPS) is 12.1. The lowest BCUT2D eigenvalue weighted by Gasteiger charge is -2.22. The Hall–Kier alpha value is -2.60. The highest BCUT2D eigenvalue weighted by atomic mass is 32.2. The van der Waals surface area contributed by atoms with Crippen molar-refractivity contribution in [2.24, 2.45) is 0 Å². The summed E-state index contributed by atoms with van der Waals surface area (Å²) in [5, 5.41) is 7.93. The summed E-state index contributed by atoms with van der Waals surface area (Å²) in [6, 6.07) is 15.4. The van der Waals surface area contributed by atoms with Crippen LogP contribution in [0.5, 0.6) is 0 Å². The molecule has 0 spiro atoms. The second kappa shape index (κ2) is 7.74. The molecular weight excluding hydrogens is 346 g/mol. The van der Waals surface area contributed by atoms with Crippen molar-refractivity contribution in [3.63, 3.8) is 0 Å². The minimum Gasteiger partial charge on any atom is -0.341 e. The Morgan fingerprint density at radius 1 is 1.19 bits per heavy atom. The molecule has 0 aliphatic carbocycles.